The number of ether oxygens (including phenoxy) is 2. The van der Waals surface area contributed by atoms with Crippen LogP contribution in [-0.4, -0.2) is 44.5 Å². The van der Waals surface area contributed by atoms with Crippen molar-refractivity contribution < 1.29 is 19.4 Å². The predicted octanol–water partition coefficient (Wildman–Crippen LogP) is 0.751. The summed E-state index contributed by atoms with van der Waals surface area (Å²) in [6.45, 7) is 1.10. The van der Waals surface area contributed by atoms with Crippen molar-refractivity contribution in [2.24, 2.45) is 0 Å². The van der Waals surface area contributed by atoms with Crippen LogP contribution in [0.5, 0.6) is 5.75 Å². The van der Waals surface area contributed by atoms with E-state index in [-0.39, 0.29) is 6.42 Å². The zero-order valence-corrected chi connectivity index (χ0v) is 11.4. The van der Waals surface area contributed by atoms with Crippen LogP contribution in [0, 0.1) is 0 Å². The molecular weight excluding hydrogens is 246 g/mol. The van der Waals surface area contributed by atoms with Gasteiger partial charge in [-0.25, -0.2) is 0 Å². The van der Waals surface area contributed by atoms with Gasteiger partial charge in [-0.2, -0.15) is 0 Å². The zero-order chi connectivity index (χ0) is 14.1. The highest BCUT2D eigenvalue weighted by Crippen LogP contribution is 2.12. The molecule has 0 saturated carbocycles. The molecule has 1 aromatic rings. The first kappa shape index (κ1) is 15.5. The number of rotatable bonds is 8. The fraction of sp³-hybridized carbons (Fsp3) is 0.500. The Labute approximate surface area is 113 Å². The average molecular weight is 267 g/mol. The lowest BCUT2D eigenvalue weighted by Crippen LogP contribution is -2.30. The Hall–Kier alpha value is -1.59. The van der Waals surface area contributed by atoms with Gasteiger partial charge in [0, 0.05) is 6.54 Å². The maximum atomic E-state index is 10.9. The number of hydrogen-bond donors (Lipinski definition) is 2. The number of aliphatic hydroxyl groups is 1. The highest BCUT2D eigenvalue weighted by Gasteiger charge is 2.09. The number of carbonyl (C=O) groups is 1. The summed E-state index contributed by atoms with van der Waals surface area (Å²) in [6, 6.07) is 7.85. The number of hydrogen-bond acceptors (Lipinski definition) is 5. The van der Waals surface area contributed by atoms with E-state index in [0.717, 1.165) is 24.3 Å². The van der Waals surface area contributed by atoms with Gasteiger partial charge in [-0.05, 0) is 30.7 Å². The predicted molar refractivity (Wildman–Crippen MR) is 72.2 cm³/mol. The van der Waals surface area contributed by atoms with Crippen molar-refractivity contribution in [3.63, 3.8) is 0 Å². The SMILES string of the molecule is COC(=O)CC(O)CNCCc1cccc(OC)c1. The van der Waals surface area contributed by atoms with Crippen LogP contribution < -0.4 is 10.1 Å². The number of carbonyl (C=O) groups excluding carboxylic acids is 1. The molecule has 19 heavy (non-hydrogen) atoms. The van der Waals surface area contributed by atoms with E-state index in [1.165, 1.54) is 7.11 Å². The molecule has 106 valence electrons. The van der Waals surface area contributed by atoms with Crippen LogP contribution in [0.3, 0.4) is 0 Å². The van der Waals surface area contributed by atoms with Crippen LogP contribution in [0.15, 0.2) is 24.3 Å². The van der Waals surface area contributed by atoms with Crippen molar-refractivity contribution in [1.82, 2.24) is 5.32 Å². The molecule has 0 aliphatic carbocycles. The first-order chi connectivity index (χ1) is 9.15. The maximum Gasteiger partial charge on any atom is 0.308 e. The molecule has 1 atom stereocenters. The van der Waals surface area contributed by atoms with Crippen LogP contribution in [0.4, 0.5) is 0 Å². The molecular formula is C14H21NO4. The molecule has 1 rings (SSSR count). The fourth-order valence-electron chi connectivity index (χ4n) is 1.68. The fourth-order valence-corrected chi connectivity index (χ4v) is 1.68. The maximum absolute atomic E-state index is 10.9. The van der Waals surface area contributed by atoms with Crippen molar-refractivity contribution in [2.75, 3.05) is 27.3 Å². The van der Waals surface area contributed by atoms with Gasteiger partial charge >= 0.3 is 5.97 Å². The molecule has 5 nitrogen and oxygen atoms in total. The van der Waals surface area contributed by atoms with Crippen molar-refractivity contribution in [1.29, 1.82) is 0 Å². The third kappa shape index (κ3) is 6.22. The third-order valence-electron chi connectivity index (χ3n) is 2.73. The first-order valence-corrected chi connectivity index (χ1v) is 6.24. The van der Waals surface area contributed by atoms with Gasteiger partial charge in [-0.3, -0.25) is 4.79 Å². The Morgan fingerprint density at radius 2 is 2.21 bits per heavy atom. The second-order valence-corrected chi connectivity index (χ2v) is 4.24. The van der Waals surface area contributed by atoms with E-state index in [0.29, 0.717) is 6.54 Å². The number of methoxy groups -OCH3 is 2. The summed E-state index contributed by atoms with van der Waals surface area (Å²) in [5, 5.41) is 12.6. The van der Waals surface area contributed by atoms with Gasteiger partial charge in [-0.1, -0.05) is 12.1 Å². The minimum absolute atomic E-state index is 0.0165. The summed E-state index contributed by atoms with van der Waals surface area (Å²) < 4.78 is 9.63. The van der Waals surface area contributed by atoms with Crippen LogP contribution in [0.25, 0.3) is 0 Å². The number of nitrogens with one attached hydrogen (secondary N) is 1. The minimum Gasteiger partial charge on any atom is -0.497 e. The Morgan fingerprint density at radius 1 is 1.42 bits per heavy atom. The number of benzene rings is 1. The molecule has 0 saturated heterocycles. The summed E-state index contributed by atoms with van der Waals surface area (Å²) in [6.07, 6.45) is 0.142. The summed E-state index contributed by atoms with van der Waals surface area (Å²) in [4.78, 5) is 10.9. The standard InChI is InChI=1S/C14H21NO4/c1-18-13-5-3-4-11(8-13)6-7-15-10-12(16)9-14(17)19-2/h3-5,8,12,15-16H,6-7,9-10H2,1-2H3. The molecule has 0 aromatic heterocycles. The molecule has 0 aliphatic heterocycles. The topological polar surface area (TPSA) is 67.8 Å². The van der Waals surface area contributed by atoms with Gasteiger partial charge in [-0.15, -0.1) is 0 Å². The lowest BCUT2D eigenvalue weighted by molar-refractivity contribution is -0.142. The highest BCUT2D eigenvalue weighted by atomic mass is 16.5. The van der Waals surface area contributed by atoms with Crippen molar-refractivity contribution in [2.45, 2.75) is 18.9 Å². The van der Waals surface area contributed by atoms with Crippen LogP contribution >= 0.6 is 0 Å². The number of aliphatic hydroxyl groups excluding tert-OH is 1. The van der Waals surface area contributed by atoms with Crippen LogP contribution in [0.2, 0.25) is 0 Å². The minimum atomic E-state index is -0.710. The van der Waals surface area contributed by atoms with E-state index in [1.54, 1.807) is 7.11 Å². The van der Waals surface area contributed by atoms with E-state index in [1.807, 2.05) is 24.3 Å². The largest absolute Gasteiger partial charge is 0.497 e. The lowest BCUT2D eigenvalue weighted by atomic mass is 10.1. The van der Waals surface area contributed by atoms with Crippen molar-refractivity contribution >= 4 is 5.97 Å². The molecule has 2 N–H and O–H groups in total. The van der Waals surface area contributed by atoms with Crippen LogP contribution in [-0.2, 0) is 16.0 Å². The Bertz CT molecular complexity index is 395. The Balaban J connectivity index is 2.21. The quantitative estimate of drug-likeness (QED) is 0.537. The lowest BCUT2D eigenvalue weighted by Gasteiger charge is -2.10. The molecule has 0 amide bonds. The summed E-state index contributed by atoms with van der Waals surface area (Å²) in [5.41, 5.74) is 1.16. The van der Waals surface area contributed by atoms with E-state index in [4.69, 9.17) is 4.74 Å². The summed E-state index contributed by atoms with van der Waals surface area (Å²) >= 11 is 0. The second kappa shape index (κ2) is 8.50. The molecule has 5 heteroatoms. The molecule has 0 heterocycles. The second-order valence-electron chi connectivity index (χ2n) is 4.24. The van der Waals surface area contributed by atoms with Crippen molar-refractivity contribution in [3.05, 3.63) is 29.8 Å². The molecule has 0 radical (unpaired) electrons. The Kier molecular flexibility index (Phi) is 6.92. The van der Waals surface area contributed by atoms with Gasteiger partial charge in [0.2, 0.25) is 0 Å². The third-order valence-corrected chi connectivity index (χ3v) is 2.73. The van der Waals surface area contributed by atoms with Crippen LogP contribution in [0.1, 0.15) is 12.0 Å². The monoisotopic (exact) mass is 267 g/mol. The van der Waals surface area contributed by atoms with E-state index in [9.17, 15) is 9.90 Å². The average Bonchev–Trinajstić information content (AvgIpc) is 2.43. The number of esters is 1. The highest BCUT2D eigenvalue weighted by molar-refractivity contribution is 5.69. The summed E-state index contributed by atoms with van der Waals surface area (Å²) in [7, 11) is 2.95. The van der Waals surface area contributed by atoms with Gasteiger partial charge < -0.3 is 19.9 Å². The Morgan fingerprint density at radius 3 is 2.89 bits per heavy atom. The first-order valence-electron chi connectivity index (χ1n) is 6.24. The molecule has 0 aliphatic rings. The molecule has 0 spiro atoms. The molecule has 0 bridgehead atoms. The summed E-state index contributed by atoms with van der Waals surface area (Å²) in [5.74, 6) is 0.435. The van der Waals surface area contributed by atoms with Gasteiger partial charge in [0.15, 0.2) is 0 Å². The van der Waals surface area contributed by atoms with E-state index < -0.39 is 12.1 Å². The van der Waals surface area contributed by atoms with Gasteiger partial charge in [0.1, 0.15) is 5.75 Å². The normalized spacial score (nSPS) is 11.9. The zero-order valence-electron chi connectivity index (χ0n) is 11.4. The van der Waals surface area contributed by atoms with E-state index >= 15 is 0 Å². The molecule has 0 fully saturated rings. The van der Waals surface area contributed by atoms with E-state index in [2.05, 4.69) is 10.1 Å². The molecule has 1 aromatic carbocycles. The van der Waals surface area contributed by atoms with Gasteiger partial charge in [0.25, 0.3) is 0 Å². The van der Waals surface area contributed by atoms with Crippen molar-refractivity contribution in [3.8, 4) is 5.75 Å². The van der Waals surface area contributed by atoms with Gasteiger partial charge in [0.05, 0.1) is 26.7 Å². The molecule has 1 unspecified atom stereocenters. The smallest absolute Gasteiger partial charge is 0.308 e.